The van der Waals surface area contributed by atoms with Crippen molar-refractivity contribution in [3.8, 4) is 0 Å². The number of allylic oxidation sites excluding steroid dienone is 1. The van der Waals surface area contributed by atoms with Crippen molar-refractivity contribution in [1.29, 1.82) is 0 Å². The van der Waals surface area contributed by atoms with Gasteiger partial charge < -0.3 is 0 Å². The predicted molar refractivity (Wildman–Crippen MR) is 97.6 cm³/mol. The average molecular weight is 274 g/mol. The normalized spacial score (nSPS) is 10.6. The molecule has 0 heterocycles. The lowest BCUT2D eigenvalue weighted by Crippen LogP contribution is -1.84. The van der Waals surface area contributed by atoms with Crippen LogP contribution in [-0.2, 0) is 0 Å². The average Bonchev–Trinajstić information content (AvgIpc) is 2.56. The molecule has 0 unspecified atom stereocenters. The first-order chi connectivity index (χ1) is 10.3. The van der Waals surface area contributed by atoms with Crippen LogP contribution in [0.2, 0.25) is 0 Å². The van der Waals surface area contributed by atoms with Crippen molar-refractivity contribution in [1.82, 2.24) is 0 Å². The Bertz CT molecular complexity index is 792. The first-order valence-electron chi connectivity index (χ1n) is 7.54. The standard InChI is InChI=1S/C19H16.C2H6/c1-3-7-16-13-19-17(12-14(16)4-2)11-10-15-8-5-6-9-18(15)19;1-2/h3-13H,2H2,1H3;1-2H3/b7-3-;. The molecule has 0 nitrogen and oxygen atoms in total. The van der Waals surface area contributed by atoms with Crippen molar-refractivity contribution >= 4 is 33.7 Å². The lowest BCUT2D eigenvalue weighted by Gasteiger charge is -2.08. The second-order valence-electron chi connectivity index (χ2n) is 4.69. The molecule has 0 aliphatic rings. The van der Waals surface area contributed by atoms with E-state index in [2.05, 4.69) is 67.3 Å². The highest BCUT2D eigenvalue weighted by Crippen LogP contribution is 2.29. The van der Waals surface area contributed by atoms with Gasteiger partial charge in [0, 0.05) is 0 Å². The zero-order valence-corrected chi connectivity index (χ0v) is 13.1. The Hall–Kier alpha value is -2.34. The Balaban J connectivity index is 0.000000774. The molecule has 106 valence electrons. The highest BCUT2D eigenvalue weighted by molar-refractivity contribution is 6.08. The summed E-state index contributed by atoms with van der Waals surface area (Å²) in [5.74, 6) is 0. The summed E-state index contributed by atoms with van der Waals surface area (Å²) in [6, 6.07) is 17.4. The maximum atomic E-state index is 3.91. The van der Waals surface area contributed by atoms with E-state index in [0.717, 1.165) is 0 Å². The molecule has 0 aliphatic heterocycles. The molecule has 0 saturated heterocycles. The van der Waals surface area contributed by atoms with Gasteiger partial charge in [-0.25, -0.2) is 0 Å². The SMILES string of the molecule is C=Cc1cc2ccc3ccccc3c2cc1/C=C\C.CC. The van der Waals surface area contributed by atoms with E-state index in [-0.39, 0.29) is 0 Å². The lowest BCUT2D eigenvalue weighted by atomic mass is 9.96. The van der Waals surface area contributed by atoms with E-state index in [1.807, 2.05) is 26.8 Å². The smallest absolute Gasteiger partial charge is 0.00990 e. The van der Waals surface area contributed by atoms with E-state index in [0.29, 0.717) is 0 Å². The predicted octanol–water partition coefficient (Wildman–Crippen LogP) is 6.70. The molecule has 0 fully saturated rings. The summed E-state index contributed by atoms with van der Waals surface area (Å²) in [4.78, 5) is 0. The van der Waals surface area contributed by atoms with Crippen LogP contribution < -0.4 is 0 Å². The minimum Gasteiger partial charge on any atom is -0.0984 e. The molecule has 0 atom stereocenters. The maximum absolute atomic E-state index is 3.91. The van der Waals surface area contributed by atoms with E-state index in [9.17, 15) is 0 Å². The van der Waals surface area contributed by atoms with E-state index in [1.165, 1.54) is 32.7 Å². The van der Waals surface area contributed by atoms with E-state index in [1.54, 1.807) is 0 Å². The second-order valence-corrected chi connectivity index (χ2v) is 4.69. The van der Waals surface area contributed by atoms with Crippen LogP contribution in [0.3, 0.4) is 0 Å². The van der Waals surface area contributed by atoms with E-state index < -0.39 is 0 Å². The summed E-state index contributed by atoms with van der Waals surface area (Å²) in [6.07, 6.45) is 6.13. The van der Waals surface area contributed by atoms with Crippen LogP contribution in [0.25, 0.3) is 33.7 Å². The minimum absolute atomic E-state index is 1.18. The molecule has 21 heavy (non-hydrogen) atoms. The van der Waals surface area contributed by atoms with Crippen LogP contribution in [0.15, 0.2) is 61.2 Å². The molecule has 3 aromatic carbocycles. The van der Waals surface area contributed by atoms with Gasteiger partial charge in [-0.15, -0.1) is 0 Å². The zero-order chi connectivity index (χ0) is 15.2. The topological polar surface area (TPSA) is 0 Å². The highest BCUT2D eigenvalue weighted by atomic mass is 14.1. The molecule has 3 rings (SSSR count). The van der Waals surface area contributed by atoms with Crippen molar-refractivity contribution < 1.29 is 0 Å². The fourth-order valence-corrected chi connectivity index (χ4v) is 2.59. The number of hydrogen-bond acceptors (Lipinski definition) is 0. The van der Waals surface area contributed by atoms with Crippen LogP contribution in [0.4, 0.5) is 0 Å². The Morgan fingerprint density at radius 3 is 2.24 bits per heavy atom. The molecule has 0 saturated carbocycles. The van der Waals surface area contributed by atoms with Gasteiger partial charge in [-0.1, -0.05) is 75.1 Å². The first kappa shape index (κ1) is 15.1. The van der Waals surface area contributed by atoms with Gasteiger partial charge in [-0.05, 0) is 51.7 Å². The Kier molecular flexibility index (Phi) is 4.94. The molecule has 0 aromatic heterocycles. The van der Waals surface area contributed by atoms with Crippen LogP contribution in [-0.4, -0.2) is 0 Å². The van der Waals surface area contributed by atoms with Gasteiger partial charge in [0.1, 0.15) is 0 Å². The van der Waals surface area contributed by atoms with Crippen LogP contribution in [0.5, 0.6) is 0 Å². The quantitative estimate of drug-likeness (QED) is 0.456. The summed E-state index contributed by atoms with van der Waals surface area (Å²) in [5, 5.41) is 5.16. The van der Waals surface area contributed by atoms with Crippen molar-refractivity contribution in [3.63, 3.8) is 0 Å². The first-order valence-corrected chi connectivity index (χ1v) is 7.54. The summed E-state index contributed by atoms with van der Waals surface area (Å²) in [5.41, 5.74) is 2.40. The minimum atomic E-state index is 1.18. The third-order valence-electron chi connectivity index (χ3n) is 3.51. The highest BCUT2D eigenvalue weighted by Gasteiger charge is 2.03. The molecular weight excluding hydrogens is 252 g/mol. The number of benzene rings is 3. The zero-order valence-electron chi connectivity index (χ0n) is 13.1. The van der Waals surface area contributed by atoms with E-state index >= 15 is 0 Å². The molecule has 0 heteroatoms. The van der Waals surface area contributed by atoms with Crippen molar-refractivity contribution in [3.05, 3.63) is 72.3 Å². The fraction of sp³-hybridized carbons (Fsp3) is 0.143. The van der Waals surface area contributed by atoms with Gasteiger partial charge in [-0.3, -0.25) is 0 Å². The second kappa shape index (κ2) is 6.90. The molecule has 0 radical (unpaired) electrons. The molecule has 0 spiro atoms. The van der Waals surface area contributed by atoms with Crippen LogP contribution in [0.1, 0.15) is 31.9 Å². The lowest BCUT2D eigenvalue weighted by molar-refractivity contribution is 1.50. The van der Waals surface area contributed by atoms with Crippen molar-refractivity contribution in [2.45, 2.75) is 20.8 Å². The van der Waals surface area contributed by atoms with Gasteiger partial charge in [0.15, 0.2) is 0 Å². The number of rotatable bonds is 2. The van der Waals surface area contributed by atoms with Gasteiger partial charge in [0.2, 0.25) is 0 Å². The molecular formula is C21H22. The Morgan fingerprint density at radius 1 is 0.810 bits per heavy atom. The van der Waals surface area contributed by atoms with Gasteiger partial charge in [-0.2, -0.15) is 0 Å². The van der Waals surface area contributed by atoms with Gasteiger partial charge >= 0.3 is 0 Å². The monoisotopic (exact) mass is 274 g/mol. The van der Waals surface area contributed by atoms with E-state index in [4.69, 9.17) is 0 Å². The molecule has 3 aromatic rings. The summed E-state index contributed by atoms with van der Waals surface area (Å²) in [6.45, 7) is 9.95. The molecule has 0 bridgehead atoms. The third kappa shape index (κ3) is 2.90. The largest absolute Gasteiger partial charge is 0.0984 e. The molecule has 0 aliphatic carbocycles. The Morgan fingerprint density at radius 2 is 1.52 bits per heavy atom. The van der Waals surface area contributed by atoms with Crippen molar-refractivity contribution in [2.75, 3.05) is 0 Å². The van der Waals surface area contributed by atoms with Crippen LogP contribution >= 0.6 is 0 Å². The summed E-state index contributed by atoms with van der Waals surface area (Å²) < 4.78 is 0. The summed E-state index contributed by atoms with van der Waals surface area (Å²) >= 11 is 0. The molecule has 0 amide bonds. The fourth-order valence-electron chi connectivity index (χ4n) is 2.59. The third-order valence-corrected chi connectivity index (χ3v) is 3.51. The molecule has 0 N–H and O–H groups in total. The van der Waals surface area contributed by atoms with Gasteiger partial charge in [0.25, 0.3) is 0 Å². The van der Waals surface area contributed by atoms with Gasteiger partial charge in [0.05, 0.1) is 0 Å². The number of fused-ring (bicyclic) bond motifs is 3. The van der Waals surface area contributed by atoms with Crippen LogP contribution in [0, 0.1) is 0 Å². The summed E-state index contributed by atoms with van der Waals surface area (Å²) in [7, 11) is 0. The number of hydrogen-bond donors (Lipinski definition) is 0. The van der Waals surface area contributed by atoms with Crippen molar-refractivity contribution in [2.24, 2.45) is 0 Å². The maximum Gasteiger partial charge on any atom is -0.00990 e. The Labute approximate surface area is 127 Å².